The van der Waals surface area contributed by atoms with Gasteiger partial charge in [-0.05, 0) is 37.6 Å². The lowest BCUT2D eigenvalue weighted by Crippen LogP contribution is -2.12. The quantitative estimate of drug-likeness (QED) is 0.776. The van der Waals surface area contributed by atoms with E-state index in [9.17, 15) is 0 Å². The molecule has 0 saturated carbocycles. The van der Waals surface area contributed by atoms with Crippen LogP contribution >= 0.6 is 0 Å². The molecule has 0 fully saturated rings. The molecular formula is C12H17NO. The topological polar surface area (TPSA) is 21.3 Å². The van der Waals surface area contributed by atoms with Gasteiger partial charge < -0.3 is 10.1 Å². The molecule has 76 valence electrons. The van der Waals surface area contributed by atoms with E-state index in [-0.39, 0.29) is 0 Å². The summed E-state index contributed by atoms with van der Waals surface area (Å²) in [5, 5.41) is 3.46. The lowest BCUT2D eigenvalue weighted by atomic mass is 9.98. The largest absolute Gasteiger partial charge is 0.494 e. The molecule has 2 nitrogen and oxygen atoms in total. The Hall–Kier alpha value is -1.18. The summed E-state index contributed by atoms with van der Waals surface area (Å²) in [6.45, 7) is 7.21. The van der Waals surface area contributed by atoms with Crippen molar-refractivity contribution >= 4 is 5.69 Å². The Labute approximate surface area is 85.3 Å². The zero-order valence-corrected chi connectivity index (χ0v) is 9.00. The molecule has 1 aliphatic heterocycles. The van der Waals surface area contributed by atoms with Gasteiger partial charge in [0.1, 0.15) is 5.75 Å². The second-order valence-electron chi connectivity index (χ2n) is 3.90. The third-order valence-electron chi connectivity index (χ3n) is 2.96. The summed E-state index contributed by atoms with van der Waals surface area (Å²) in [6.07, 6.45) is 0. The summed E-state index contributed by atoms with van der Waals surface area (Å²) < 4.78 is 5.49. The number of hydrogen-bond acceptors (Lipinski definition) is 2. The van der Waals surface area contributed by atoms with Crippen molar-refractivity contribution in [3.63, 3.8) is 0 Å². The average Bonchev–Trinajstić information content (AvgIpc) is 2.45. The third-order valence-corrected chi connectivity index (χ3v) is 2.96. The van der Waals surface area contributed by atoms with Crippen molar-refractivity contribution in [2.24, 2.45) is 0 Å². The van der Waals surface area contributed by atoms with Crippen LogP contribution in [-0.4, -0.2) is 12.6 Å². The van der Waals surface area contributed by atoms with Crippen LogP contribution in [0.15, 0.2) is 18.2 Å². The van der Waals surface area contributed by atoms with Gasteiger partial charge in [0.2, 0.25) is 0 Å². The fourth-order valence-electron chi connectivity index (χ4n) is 1.95. The number of rotatable bonds is 2. The molecule has 0 aromatic heterocycles. The molecule has 2 rings (SSSR count). The van der Waals surface area contributed by atoms with Gasteiger partial charge in [0.25, 0.3) is 0 Å². The maximum Gasteiger partial charge on any atom is 0.119 e. The highest BCUT2D eigenvalue weighted by Gasteiger charge is 2.25. The summed E-state index contributed by atoms with van der Waals surface area (Å²) in [7, 11) is 0. The Balaban J connectivity index is 2.31. The second kappa shape index (κ2) is 3.52. The predicted molar refractivity (Wildman–Crippen MR) is 59.1 cm³/mol. The molecule has 0 bridgehead atoms. The minimum Gasteiger partial charge on any atom is -0.494 e. The lowest BCUT2D eigenvalue weighted by molar-refractivity contribution is 0.340. The van der Waals surface area contributed by atoms with Crippen LogP contribution in [0.25, 0.3) is 0 Å². The normalized spacial score (nSPS) is 24.2. The van der Waals surface area contributed by atoms with E-state index >= 15 is 0 Å². The van der Waals surface area contributed by atoms with Crippen LogP contribution in [0, 0.1) is 0 Å². The molecule has 0 amide bonds. The summed E-state index contributed by atoms with van der Waals surface area (Å²) in [4.78, 5) is 0. The molecule has 0 radical (unpaired) electrons. The maximum absolute atomic E-state index is 5.49. The van der Waals surface area contributed by atoms with Crippen molar-refractivity contribution in [2.75, 3.05) is 11.9 Å². The van der Waals surface area contributed by atoms with Gasteiger partial charge in [0.15, 0.2) is 0 Å². The first-order valence-electron chi connectivity index (χ1n) is 5.25. The number of fused-ring (bicyclic) bond motifs is 1. The van der Waals surface area contributed by atoms with Gasteiger partial charge in [-0.15, -0.1) is 0 Å². The Morgan fingerprint density at radius 1 is 1.36 bits per heavy atom. The van der Waals surface area contributed by atoms with Gasteiger partial charge in [0, 0.05) is 17.6 Å². The molecule has 0 spiro atoms. The van der Waals surface area contributed by atoms with Gasteiger partial charge in [-0.3, -0.25) is 0 Å². The van der Waals surface area contributed by atoms with Crippen molar-refractivity contribution in [2.45, 2.75) is 32.7 Å². The van der Waals surface area contributed by atoms with Crippen LogP contribution in [-0.2, 0) is 0 Å². The van der Waals surface area contributed by atoms with Crippen LogP contribution in [0.5, 0.6) is 5.75 Å². The zero-order chi connectivity index (χ0) is 10.1. The average molecular weight is 191 g/mol. The Morgan fingerprint density at radius 2 is 2.14 bits per heavy atom. The number of anilines is 1. The second-order valence-corrected chi connectivity index (χ2v) is 3.90. The van der Waals surface area contributed by atoms with E-state index in [4.69, 9.17) is 4.74 Å². The molecule has 14 heavy (non-hydrogen) atoms. The smallest absolute Gasteiger partial charge is 0.119 e. The lowest BCUT2D eigenvalue weighted by Gasteiger charge is -2.09. The van der Waals surface area contributed by atoms with Crippen LogP contribution in [0.2, 0.25) is 0 Å². The van der Waals surface area contributed by atoms with Gasteiger partial charge in [-0.25, -0.2) is 0 Å². The van der Waals surface area contributed by atoms with Gasteiger partial charge in [0.05, 0.1) is 6.61 Å². The van der Waals surface area contributed by atoms with Crippen LogP contribution in [0.4, 0.5) is 5.69 Å². The van der Waals surface area contributed by atoms with Crippen molar-refractivity contribution in [3.05, 3.63) is 23.8 Å². The number of hydrogen-bond donors (Lipinski definition) is 1. The Bertz CT molecular complexity index is 335. The Kier molecular flexibility index (Phi) is 2.36. The van der Waals surface area contributed by atoms with Crippen molar-refractivity contribution in [1.29, 1.82) is 0 Å². The summed E-state index contributed by atoms with van der Waals surface area (Å²) in [5.41, 5.74) is 2.64. The maximum atomic E-state index is 5.49. The third kappa shape index (κ3) is 1.45. The molecule has 1 aromatic carbocycles. The van der Waals surface area contributed by atoms with E-state index in [0.717, 1.165) is 12.4 Å². The first-order chi connectivity index (χ1) is 6.72. The SMILES string of the molecule is CCOc1ccc2c(c1)C(C)C(C)N2. The first kappa shape index (κ1) is 9.38. The van der Waals surface area contributed by atoms with Crippen molar-refractivity contribution in [1.82, 2.24) is 0 Å². The standard InChI is InChI=1S/C12H17NO/c1-4-14-10-5-6-12-11(7-10)8(2)9(3)13-12/h5-9,13H,4H2,1-3H3. The Morgan fingerprint density at radius 3 is 2.86 bits per heavy atom. The molecule has 2 heteroatoms. The number of ether oxygens (including phenoxy) is 1. The highest BCUT2D eigenvalue weighted by atomic mass is 16.5. The van der Waals surface area contributed by atoms with Crippen molar-refractivity contribution in [3.8, 4) is 5.75 Å². The van der Waals surface area contributed by atoms with Gasteiger partial charge in [-0.2, -0.15) is 0 Å². The summed E-state index contributed by atoms with van der Waals surface area (Å²) in [6, 6.07) is 6.82. The monoisotopic (exact) mass is 191 g/mol. The highest BCUT2D eigenvalue weighted by molar-refractivity contribution is 5.61. The predicted octanol–water partition coefficient (Wildman–Crippen LogP) is 3.00. The molecule has 0 aliphatic carbocycles. The fourth-order valence-corrected chi connectivity index (χ4v) is 1.95. The molecular weight excluding hydrogens is 174 g/mol. The van der Waals surface area contributed by atoms with Crippen molar-refractivity contribution < 1.29 is 4.74 Å². The molecule has 2 unspecified atom stereocenters. The fraction of sp³-hybridized carbons (Fsp3) is 0.500. The molecule has 2 atom stereocenters. The number of nitrogens with one attached hydrogen (secondary N) is 1. The zero-order valence-electron chi connectivity index (χ0n) is 9.00. The first-order valence-corrected chi connectivity index (χ1v) is 5.25. The van der Waals surface area contributed by atoms with E-state index in [2.05, 4.69) is 31.3 Å². The van der Waals surface area contributed by atoms with E-state index in [1.54, 1.807) is 0 Å². The highest BCUT2D eigenvalue weighted by Crippen LogP contribution is 2.37. The van der Waals surface area contributed by atoms with E-state index < -0.39 is 0 Å². The van der Waals surface area contributed by atoms with E-state index in [1.165, 1.54) is 11.3 Å². The van der Waals surface area contributed by atoms with Crippen LogP contribution in [0.3, 0.4) is 0 Å². The summed E-state index contributed by atoms with van der Waals surface area (Å²) >= 11 is 0. The molecule has 1 aliphatic rings. The van der Waals surface area contributed by atoms with Gasteiger partial charge in [-0.1, -0.05) is 6.92 Å². The van der Waals surface area contributed by atoms with E-state index in [0.29, 0.717) is 12.0 Å². The van der Waals surface area contributed by atoms with Crippen LogP contribution < -0.4 is 10.1 Å². The molecule has 1 N–H and O–H groups in total. The van der Waals surface area contributed by atoms with Crippen LogP contribution in [0.1, 0.15) is 32.3 Å². The minimum absolute atomic E-state index is 0.530. The minimum atomic E-state index is 0.530. The van der Waals surface area contributed by atoms with Gasteiger partial charge >= 0.3 is 0 Å². The molecule has 1 aromatic rings. The molecule has 1 heterocycles. The molecule has 0 saturated heterocycles. The van der Waals surface area contributed by atoms with E-state index in [1.807, 2.05) is 13.0 Å². The summed E-state index contributed by atoms with van der Waals surface area (Å²) in [5.74, 6) is 1.56. The number of benzene rings is 1.